The van der Waals surface area contributed by atoms with E-state index < -0.39 is 45.0 Å². The molecule has 4 aromatic carbocycles. The Morgan fingerprint density at radius 1 is 0.721 bits per heavy atom. The number of hydrogen-bond donors (Lipinski definition) is 0. The van der Waals surface area contributed by atoms with Gasteiger partial charge < -0.3 is 0 Å². The van der Waals surface area contributed by atoms with Gasteiger partial charge >= 0.3 is 267 Å². The molecular formula is C36H44F2O2SSeSi. The molecule has 4 rings (SSSR count). The fourth-order valence-corrected chi connectivity index (χ4v) is 10.3. The summed E-state index contributed by atoms with van der Waals surface area (Å²) in [4.78, 5) is -2.00. The van der Waals surface area contributed by atoms with E-state index in [4.69, 9.17) is 4.43 Å². The number of halogens is 2. The normalized spacial score (nSPS) is 14.2. The quantitative estimate of drug-likeness (QED) is 0.147. The third-order valence-corrected chi connectivity index (χ3v) is 12.1. The molecule has 1 unspecified atom stereocenters. The molecule has 0 aliphatic carbocycles. The van der Waals surface area contributed by atoms with Crippen molar-refractivity contribution in [1.29, 1.82) is 0 Å². The Morgan fingerprint density at radius 3 is 1.81 bits per heavy atom. The van der Waals surface area contributed by atoms with Crippen LogP contribution >= 0.6 is 0 Å². The van der Waals surface area contributed by atoms with Crippen LogP contribution in [0.2, 0.25) is 19.6 Å². The molecule has 4 aromatic rings. The summed E-state index contributed by atoms with van der Waals surface area (Å²) in [6.07, 6.45) is -1.53. The third-order valence-electron chi connectivity index (χ3n) is 7.42. The molecule has 2 atom stereocenters. The fraction of sp³-hybridized carbons (Fsp3) is 0.389. The minimum atomic E-state index is -3.18. The molecule has 0 spiro atoms. The zero-order chi connectivity index (χ0) is 31.7. The van der Waals surface area contributed by atoms with E-state index in [9.17, 15) is 0 Å². The van der Waals surface area contributed by atoms with Crippen LogP contribution in [0.3, 0.4) is 0 Å². The van der Waals surface area contributed by atoms with Crippen molar-refractivity contribution >= 4 is 49.3 Å². The van der Waals surface area contributed by atoms with Gasteiger partial charge in [-0.1, -0.05) is 0 Å². The van der Waals surface area contributed by atoms with Crippen molar-refractivity contribution in [3.05, 3.63) is 101 Å². The average molecular weight is 686 g/mol. The molecule has 0 saturated carbocycles. The summed E-state index contributed by atoms with van der Waals surface area (Å²) >= 11 is -1.20. The molecule has 0 aromatic heterocycles. The molecule has 0 amide bonds. The SMILES string of the molecule is CC(C)c1cc(C(C)C)c(S(=O)c2c([C@@H](O[Si](C)(C)C)C(F)(F)[Se]c3ccccc3)ccc3ccccc23)c(C(C)C)c1. The Morgan fingerprint density at radius 2 is 1.28 bits per heavy atom. The van der Waals surface area contributed by atoms with Crippen LogP contribution in [-0.2, 0) is 15.2 Å². The Bertz CT molecular complexity index is 1570. The van der Waals surface area contributed by atoms with Crippen molar-refractivity contribution < 1.29 is 17.4 Å². The van der Waals surface area contributed by atoms with E-state index in [1.54, 1.807) is 30.3 Å². The number of alkyl halides is 2. The zero-order valence-electron chi connectivity index (χ0n) is 26.7. The average Bonchev–Trinajstić information content (AvgIpc) is 2.94. The van der Waals surface area contributed by atoms with Gasteiger partial charge in [-0.3, -0.25) is 0 Å². The van der Waals surface area contributed by atoms with Crippen LogP contribution in [0.1, 0.15) is 87.7 Å². The van der Waals surface area contributed by atoms with Crippen molar-refractivity contribution in [3.63, 3.8) is 0 Å². The van der Waals surface area contributed by atoms with E-state index in [1.807, 2.05) is 56.0 Å². The van der Waals surface area contributed by atoms with Crippen molar-refractivity contribution in [3.8, 4) is 0 Å². The van der Waals surface area contributed by atoms with Crippen LogP contribution < -0.4 is 4.46 Å². The second-order valence-corrected chi connectivity index (χ2v) is 21.4. The molecule has 0 fully saturated rings. The number of benzene rings is 4. The molecule has 0 radical (unpaired) electrons. The first kappa shape index (κ1) is 33.7. The van der Waals surface area contributed by atoms with E-state index in [0.717, 1.165) is 26.8 Å². The maximum absolute atomic E-state index is 16.6. The van der Waals surface area contributed by atoms with Crippen molar-refractivity contribution in [2.45, 2.75) is 99.7 Å². The van der Waals surface area contributed by atoms with Gasteiger partial charge in [-0.15, -0.1) is 0 Å². The molecule has 0 aliphatic rings. The van der Waals surface area contributed by atoms with Crippen LogP contribution in [-0.4, -0.2) is 32.3 Å². The third kappa shape index (κ3) is 7.74. The monoisotopic (exact) mass is 686 g/mol. The van der Waals surface area contributed by atoms with Gasteiger partial charge in [0.2, 0.25) is 0 Å². The van der Waals surface area contributed by atoms with E-state index in [0.29, 0.717) is 20.8 Å². The summed E-state index contributed by atoms with van der Waals surface area (Å²) in [5.41, 5.74) is 3.54. The molecule has 230 valence electrons. The van der Waals surface area contributed by atoms with Crippen molar-refractivity contribution in [2.24, 2.45) is 0 Å². The van der Waals surface area contributed by atoms with Crippen LogP contribution in [0.5, 0.6) is 0 Å². The number of hydrogen-bond acceptors (Lipinski definition) is 2. The van der Waals surface area contributed by atoms with Crippen LogP contribution in [0.25, 0.3) is 10.8 Å². The molecule has 0 saturated heterocycles. The van der Waals surface area contributed by atoms with Crippen molar-refractivity contribution in [2.75, 3.05) is 0 Å². The van der Waals surface area contributed by atoms with Crippen molar-refractivity contribution in [1.82, 2.24) is 0 Å². The standard InChI is InChI=1S/C36H44F2O2SSeSi/c1-23(2)27-21-31(24(3)4)34(32(22-27)25(5)6)41(39)33-29-18-14-13-15-26(29)19-20-30(33)35(40-43(7,8)9)36(37,38)42-28-16-11-10-12-17-28/h10-25,35H,1-9H3/t35-,41?/m1/s1. The second-order valence-electron chi connectivity index (χ2n) is 13.1. The van der Waals surface area contributed by atoms with Gasteiger partial charge in [0.1, 0.15) is 0 Å². The maximum atomic E-state index is 16.6. The Hall–Kier alpha value is -2.15. The molecule has 7 heteroatoms. The number of fused-ring (bicyclic) bond motifs is 1. The summed E-state index contributed by atoms with van der Waals surface area (Å²) in [6.45, 7) is 18.6. The van der Waals surface area contributed by atoms with Crippen LogP contribution in [0.15, 0.2) is 88.7 Å². The van der Waals surface area contributed by atoms with Gasteiger partial charge in [-0.2, -0.15) is 0 Å². The first-order chi connectivity index (χ1) is 20.1. The Balaban J connectivity index is 2.05. The molecule has 0 aliphatic heterocycles. The van der Waals surface area contributed by atoms with Gasteiger partial charge in [0.25, 0.3) is 0 Å². The molecular weight excluding hydrogens is 642 g/mol. The number of rotatable bonds is 11. The Kier molecular flexibility index (Phi) is 10.6. The van der Waals surface area contributed by atoms with Gasteiger partial charge in [-0.25, -0.2) is 0 Å². The minimum absolute atomic E-state index is 0.102. The Labute approximate surface area is 266 Å². The molecule has 0 bridgehead atoms. The summed E-state index contributed by atoms with van der Waals surface area (Å²) in [5, 5.41) is 1.59. The first-order valence-corrected chi connectivity index (χ1v) is 21.3. The predicted molar refractivity (Wildman–Crippen MR) is 181 cm³/mol. The summed E-state index contributed by atoms with van der Waals surface area (Å²) < 4.78 is 55.4. The predicted octanol–water partition coefficient (Wildman–Crippen LogP) is 9.89. The topological polar surface area (TPSA) is 26.3 Å². The molecule has 0 heterocycles. The summed E-state index contributed by atoms with van der Waals surface area (Å²) in [7, 11) is -4.22. The first-order valence-electron chi connectivity index (χ1n) is 15.0. The van der Waals surface area contributed by atoms with Crippen LogP contribution in [0.4, 0.5) is 8.78 Å². The van der Waals surface area contributed by atoms with Gasteiger partial charge in [0.05, 0.1) is 0 Å². The van der Waals surface area contributed by atoms with Gasteiger partial charge in [0, 0.05) is 0 Å². The summed E-state index contributed by atoms with van der Waals surface area (Å²) in [5.74, 6) is 0.509. The molecule has 43 heavy (non-hydrogen) atoms. The molecule has 2 nitrogen and oxygen atoms in total. The van der Waals surface area contributed by atoms with E-state index in [2.05, 4.69) is 53.7 Å². The van der Waals surface area contributed by atoms with Gasteiger partial charge in [0.15, 0.2) is 0 Å². The zero-order valence-corrected chi connectivity index (χ0v) is 30.2. The summed E-state index contributed by atoms with van der Waals surface area (Å²) in [6, 6.07) is 24.5. The van der Waals surface area contributed by atoms with Crippen LogP contribution in [0, 0.1) is 0 Å². The van der Waals surface area contributed by atoms with Gasteiger partial charge in [-0.05, 0) is 0 Å². The van der Waals surface area contributed by atoms with E-state index in [1.165, 1.54) is 5.56 Å². The van der Waals surface area contributed by atoms with E-state index in [-0.39, 0.29) is 11.8 Å². The fourth-order valence-electron chi connectivity index (χ4n) is 5.24. The molecule has 0 N–H and O–H groups in total. The second kappa shape index (κ2) is 13.5. The van der Waals surface area contributed by atoms with E-state index >= 15 is 13.0 Å².